The summed E-state index contributed by atoms with van der Waals surface area (Å²) in [6.45, 7) is 0. The first-order chi connectivity index (χ1) is 9.97. The normalized spacial score (nSPS) is 9.29. The van der Waals surface area contributed by atoms with Crippen molar-refractivity contribution >= 4 is 35.1 Å². The number of pyridine rings is 2. The summed E-state index contributed by atoms with van der Waals surface area (Å²) < 4.78 is 4.45. The van der Waals surface area contributed by atoms with Crippen molar-refractivity contribution < 1.29 is 19.4 Å². The first-order valence-electron chi connectivity index (χ1n) is 5.48. The Hall–Kier alpha value is -2.18. The molecule has 0 fully saturated rings. The molecule has 0 aliphatic heterocycles. The number of hydrogen-bond donors (Lipinski definition) is 1. The summed E-state index contributed by atoms with van der Waals surface area (Å²) >= 11 is 11.2. The van der Waals surface area contributed by atoms with Crippen LogP contribution in [0.3, 0.4) is 0 Å². The maximum absolute atomic E-state index is 10.9. The zero-order chi connectivity index (χ0) is 15.8. The minimum atomic E-state index is -1.06. The molecule has 2 aromatic heterocycles. The van der Waals surface area contributed by atoms with E-state index >= 15 is 0 Å². The first kappa shape index (κ1) is 16.9. The Bertz CT molecular complexity index is 650. The number of nitrogens with zero attached hydrogens (tertiary/aromatic N) is 2. The summed E-state index contributed by atoms with van der Waals surface area (Å²) in [5.74, 6) is -1.53. The molecule has 6 nitrogen and oxygen atoms in total. The molecule has 2 rings (SSSR count). The van der Waals surface area contributed by atoms with E-state index in [0.717, 1.165) is 0 Å². The van der Waals surface area contributed by atoms with Gasteiger partial charge in [0.1, 0.15) is 0 Å². The van der Waals surface area contributed by atoms with Gasteiger partial charge in [-0.3, -0.25) is 9.97 Å². The van der Waals surface area contributed by atoms with Crippen molar-refractivity contribution in [3.05, 3.63) is 58.1 Å². The highest BCUT2D eigenvalue weighted by atomic mass is 35.5. The van der Waals surface area contributed by atoms with Gasteiger partial charge in [0, 0.05) is 24.8 Å². The Balaban J connectivity index is 0.000000211. The Morgan fingerprint density at radius 3 is 1.86 bits per heavy atom. The number of aromatic carboxylic acids is 1. The maximum Gasteiger partial charge on any atom is 0.340 e. The molecule has 0 spiro atoms. The Labute approximate surface area is 130 Å². The van der Waals surface area contributed by atoms with Gasteiger partial charge in [-0.25, -0.2) is 9.59 Å². The molecule has 0 aromatic carbocycles. The first-order valence-corrected chi connectivity index (χ1v) is 6.23. The highest BCUT2D eigenvalue weighted by Crippen LogP contribution is 2.13. The van der Waals surface area contributed by atoms with Gasteiger partial charge < -0.3 is 9.84 Å². The van der Waals surface area contributed by atoms with E-state index in [4.69, 9.17) is 28.3 Å². The number of hydrogen-bond acceptors (Lipinski definition) is 5. The second kappa shape index (κ2) is 8.18. The number of aromatic nitrogens is 2. The predicted molar refractivity (Wildman–Crippen MR) is 76.8 cm³/mol. The third-order valence-electron chi connectivity index (χ3n) is 2.17. The van der Waals surface area contributed by atoms with Crippen LogP contribution in [0.2, 0.25) is 10.0 Å². The summed E-state index contributed by atoms with van der Waals surface area (Å²) in [6.07, 6.45) is 5.53. The number of carboxylic acid groups (broad SMARTS) is 1. The lowest BCUT2D eigenvalue weighted by Gasteiger charge is -1.98. The number of methoxy groups -OCH3 is 1. The van der Waals surface area contributed by atoms with E-state index in [9.17, 15) is 9.59 Å². The molecule has 0 unspecified atom stereocenters. The highest BCUT2D eigenvalue weighted by molar-refractivity contribution is 6.33. The van der Waals surface area contributed by atoms with Crippen molar-refractivity contribution in [3.63, 3.8) is 0 Å². The monoisotopic (exact) mass is 328 g/mol. The molecule has 0 aliphatic carbocycles. The van der Waals surface area contributed by atoms with Crippen LogP contribution in [-0.4, -0.2) is 34.1 Å². The lowest BCUT2D eigenvalue weighted by molar-refractivity contribution is 0.0599. The van der Waals surface area contributed by atoms with Crippen LogP contribution in [-0.2, 0) is 4.74 Å². The van der Waals surface area contributed by atoms with Gasteiger partial charge in [-0.1, -0.05) is 23.2 Å². The van der Waals surface area contributed by atoms with E-state index in [-0.39, 0.29) is 16.1 Å². The van der Waals surface area contributed by atoms with Crippen LogP contribution in [0.4, 0.5) is 0 Å². The molecule has 0 amide bonds. The highest BCUT2D eigenvalue weighted by Gasteiger charge is 2.08. The Morgan fingerprint density at radius 2 is 1.52 bits per heavy atom. The van der Waals surface area contributed by atoms with Crippen LogP contribution >= 0.6 is 23.2 Å². The molecule has 0 aliphatic rings. The molecule has 2 aromatic rings. The average Bonchev–Trinajstić information content (AvgIpc) is 2.48. The van der Waals surface area contributed by atoms with Crippen LogP contribution in [0.25, 0.3) is 0 Å². The largest absolute Gasteiger partial charge is 0.478 e. The van der Waals surface area contributed by atoms with E-state index in [1.807, 2.05) is 0 Å². The van der Waals surface area contributed by atoms with Gasteiger partial charge in [-0.2, -0.15) is 0 Å². The van der Waals surface area contributed by atoms with Gasteiger partial charge in [0.2, 0.25) is 0 Å². The number of halogens is 2. The number of esters is 1. The number of ether oxygens (including phenoxy) is 1. The standard InChI is InChI=1S/C7H6ClNO2.C6H4ClNO2/c1-11-7(10)5-4-9-3-2-6(5)8;7-5-1-2-8-3-4(5)6(9)10/h2-4H,1H3;1-3H,(H,9,10). The van der Waals surface area contributed by atoms with E-state index in [2.05, 4.69) is 14.7 Å². The summed E-state index contributed by atoms with van der Waals surface area (Å²) in [4.78, 5) is 28.5. The van der Waals surface area contributed by atoms with Crippen LogP contribution in [0.5, 0.6) is 0 Å². The predicted octanol–water partition coefficient (Wildman–Crippen LogP) is 2.95. The quantitative estimate of drug-likeness (QED) is 0.852. The SMILES string of the molecule is COC(=O)c1cnccc1Cl.O=C(O)c1cnccc1Cl. The van der Waals surface area contributed by atoms with Crippen LogP contribution < -0.4 is 0 Å². The summed E-state index contributed by atoms with van der Waals surface area (Å²) in [7, 11) is 1.30. The van der Waals surface area contributed by atoms with E-state index in [1.165, 1.54) is 44.0 Å². The molecule has 110 valence electrons. The van der Waals surface area contributed by atoms with Crippen molar-refractivity contribution in [1.82, 2.24) is 9.97 Å². The van der Waals surface area contributed by atoms with E-state index < -0.39 is 11.9 Å². The number of rotatable bonds is 2. The molecule has 21 heavy (non-hydrogen) atoms. The molecule has 8 heteroatoms. The van der Waals surface area contributed by atoms with Gasteiger partial charge in [0.05, 0.1) is 28.3 Å². The van der Waals surface area contributed by atoms with E-state index in [0.29, 0.717) is 5.02 Å². The minimum absolute atomic E-state index is 0.0316. The molecule has 0 bridgehead atoms. The Kier molecular flexibility index (Phi) is 6.58. The molecule has 0 saturated carbocycles. The van der Waals surface area contributed by atoms with E-state index in [1.54, 1.807) is 0 Å². The molecule has 1 N–H and O–H groups in total. The fourth-order valence-electron chi connectivity index (χ4n) is 1.17. The zero-order valence-electron chi connectivity index (χ0n) is 10.8. The second-order valence-electron chi connectivity index (χ2n) is 3.51. The van der Waals surface area contributed by atoms with Crippen LogP contribution in [0, 0.1) is 0 Å². The third kappa shape index (κ3) is 5.02. The van der Waals surface area contributed by atoms with Crippen molar-refractivity contribution in [2.75, 3.05) is 7.11 Å². The smallest absolute Gasteiger partial charge is 0.340 e. The number of carbonyl (C=O) groups is 2. The van der Waals surface area contributed by atoms with Crippen molar-refractivity contribution in [2.45, 2.75) is 0 Å². The zero-order valence-corrected chi connectivity index (χ0v) is 12.3. The topological polar surface area (TPSA) is 89.4 Å². The summed E-state index contributed by atoms with van der Waals surface area (Å²) in [5.41, 5.74) is 0.320. The summed E-state index contributed by atoms with van der Waals surface area (Å²) in [6, 6.07) is 2.97. The van der Waals surface area contributed by atoms with Gasteiger partial charge in [0.25, 0.3) is 0 Å². The fourth-order valence-corrected chi connectivity index (χ4v) is 1.54. The van der Waals surface area contributed by atoms with Gasteiger partial charge >= 0.3 is 11.9 Å². The van der Waals surface area contributed by atoms with Crippen LogP contribution in [0.1, 0.15) is 20.7 Å². The molecular weight excluding hydrogens is 319 g/mol. The number of carbonyl (C=O) groups excluding carboxylic acids is 1. The summed E-state index contributed by atoms with van der Waals surface area (Å²) in [5, 5.41) is 9.01. The molecule has 2 heterocycles. The molecule has 0 saturated heterocycles. The minimum Gasteiger partial charge on any atom is -0.478 e. The maximum atomic E-state index is 10.9. The van der Waals surface area contributed by atoms with Crippen molar-refractivity contribution in [1.29, 1.82) is 0 Å². The molecule has 0 radical (unpaired) electrons. The van der Waals surface area contributed by atoms with Crippen molar-refractivity contribution in [3.8, 4) is 0 Å². The average molecular weight is 329 g/mol. The number of carboxylic acids is 1. The van der Waals surface area contributed by atoms with Gasteiger partial charge in [-0.05, 0) is 12.1 Å². The van der Waals surface area contributed by atoms with Crippen molar-refractivity contribution in [2.24, 2.45) is 0 Å². The molecule has 0 atom stereocenters. The Morgan fingerprint density at radius 1 is 1.05 bits per heavy atom. The fraction of sp³-hybridized carbons (Fsp3) is 0.0769. The van der Waals surface area contributed by atoms with Gasteiger partial charge in [0.15, 0.2) is 0 Å². The lowest BCUT2D eigenvalue weighted by Crippen LogP contribution is -2.02. The molecular formula is C13H10Cl2N2O4. The third-order valence-corrected chi connectivity index (χ3v) is 2.83. The van der Waals surface area contributed by atoms with Gasteiger partial charge in [-0.15, -0.1) is 0 Å². The van der Waals surface area contributed by atoms with Crippen LogP contribution in [0.15, 0.2) is 36.9 Å². The second-order valence-corrected chi connectivity index (χ2v) is 4.32. The lowest BCUT2D eigenvalue weighted by atomic mass is 10.3.